The van der Waals surface area contributed by atoms with Crippen LogP contribution in [0.25, 0.3) is 0 Å². The number of pyridine rings is 1. The van der Waals surface area contributed by atoms with Crippen molar-refractivity contribution in [2.24, 2.45) is 5.41 Å². The number of likely N-dealkylation sites (tertiary alicyclic amines) is 1. The van der Waals surface area contributed by atoms with E-state index in [2.05, 4.69) is 9.88 Å². The molecule has 0 aliphatic carbocycles. The van der Waals surface area contributed by atoms with Crippen LogP contribution < -0.4 is 0 Å². The van der Waals surface area contributed by atoms with Crippen LogP contribution in [0, 0.1) is 5.41 Å². The second-order valence-corrected chi connectivity index (χ2v) is 7.59. The molecule has 1 spiro atoms. The van der Waals surface area contributed by atoms with Crippen LogP contribution in [0.5, 0.6) is 0 Å². The van der Waals surface area contributed by atoms with Gasteiger partial charge in [0.05, 0.1) is 18.8 Å². The van der Waals surface area contributed by atoms with Gasteiger partial charge in [0.1, 0.15) is 0 Å². The number of nitrogens with zero attached hydrogens (tertiary/aromatic N) is 3. The molecule has 25 heavy (non-hydrogen) atoms. The fourth-order valence-corrected chi connectivity index (χ4v) is 4.42. The minimum Gasteiger partial charge on any atom is -0.381 e. The van der Waals surface area contributed by atoms with Crippen molar-refractivity contribution >= 4 is 5.91 Å². The van der Waals surface area contributed by atoms with Crippen molar-refractivity contribution in [1.82, 2.24) is 14.8 Å². The molecule has 3 aliphatic rings. The number of hydrogen-bond donors (Lipinski definition) is 0. The van der Waals surface area contributed by atoms with Gasteiger partial charge in [0, 0.05) is 56.7 Å². The van der Waals surface area contributed by atoms with Crippen molar-refractivity contribution in [2.45, 2.75) is 25.3 Å². The molecule has 1 aromatic heterocycles. The number of carbonyl (C=O) groups is 1. The Labute approximate surface area is 149 Å². The number of hydrogen-bond acceptors (Lipinski definition) is 5. The third kappa shape index (κ3) is 3.71. The molecular formula is C19H27N3O3. The predicted octanol–water partition coefficient (Wildman–Crippen LogP) is 1.43. The first-order valence-electron chi connectivity index (χ1n) is 9.35. The van der Waals surface area contributed by atoms with Crippen LogP contribution in [0.1, 0.15) is 29.6 Å². The van der Waals surface area contributed by atoms with Gasteiger partial charge in [-0.05, 0) is 37.9 Å². The summed E-state index contributed by atoms with van der Waals surface area (Å²) in [5.74, 6) is 0.0718. The molecule has 3 fully saturated rings. The van der Waals surface area contributed by atoms with Crippen molar-refractivity contribution in [3.8, 4) is 0 Å². The molecule has 1 aromatic rings. The first-order valence-corrected chi connectivity index (χ1v) is 9.35. The monoisotopic (exact) mass is 345 g/mol. The van der Waals surface area contributed by atoms with Crippen LogP contribution in [0.4, 0.5) is 0 Å². The molecular weight excluding hydrogens is 318 g/mol. The molecule has 1 amide bonds. The smallest absolute Gasteiger partial charge is 0.255 e. The van der Waals surface area contributed by atoms with Crippen LogP contribution in [-0.4, -0.2) is 79.3 Å². The summed E-state index contributed by atoms with van der Waals surface area (Å²) in [7, 11) is 0. The van der Waals surface area contributed by atoms with E-state index >= 15 is 0 Å². The third-order valence-electron chi connectivity index (χ3n) is 5.81. The zero-order valence-corrected chi connectivity index (χ0v) is 14.7. The molecule has 1 atom stereocenters. The van der Waals surface area contributed by atoms with Crippen molar-refractivity contribution in [3.63, 3.8) is 0 Å². The first-order chi connectivity index (χ1) is 12.3. The van der Waals surface area contributed by atoms with Crippen LogP contribution in [0.15, 0.2) is 24.5 Å². The van der Waals surface area contributed by atoms with E-state index in [0.717, 1.165) is 58.7 Å². The van der Waals surface area contributed by atoms with Crippen molar-refractivity contribution in [1.29, 1.82) is 0 Å². The highest BCUT2D eigenvalue weighted by atomic mass is 16.5. The maximum absolute atomic E-state index is 12.9. The Morgan fingerprint density at radius 1 is 1.16 bits per heavy atom. The Hall–Kier alpha value is -1.50. The molecule has 0 saturated carbocycles. The molecule has 3 saturated heterocycles. The Balaban J connectivity index is 1.45. The SMILES string of the molecule is O=C(c1cccnc1)N1CCOCC2(CCN(C3CCOCC3)C2)C1. The van der Waals surface area contributed by atoms with Crippen molar-refractivity contribution in [3.05, 3.63) is 30.1 Å². The lowest BCUT2D eigenvalue weighted by molar-refractivity contribution is 0.0284. The Morgan fingerprint density at radius 2 is 2.04 bits per heavy atom. The molecule has 136 valence electrons. The average Bonchev–Trinajstić information content (AvgIpc) is 2.97. The van der Waals surface area contributed by atoms with E-state index in [1.165, 1.54) is 0 Å². The fourth-order valence-electron chi connectivity index (χ4n) is 4.42. The maximum atomic E-state index is 12.9. The average molecular weight is 345 g/mol. The highest BCUT2D eigenvalue weighted by Crippen LogP contribution is 2.36. The molecule has 3 aliphatic heterocycles. The number of amides is 1. The fraction of sp³-hybridized carbons (Fsp3) is 0.684. The lowest BCUT2D eigenvalue weighted by Crippen LogP contribution is -2.45. The van der Waals surface area contributed by atoms with Gasteiger partial charge in [-0.25, -0.2) is 0 Å². The minimum atomic E-state index is 0.0622. The number of carbonyl (C=O) groups excluding carboxylic acids is 1. The van der Waals surface area contributed by atoms with Crippen LogP contribution in [0.2, 0.25) is 0 Å². The first kappa shape index (κ1) is 16.9. The third-order valence-corrected chi connectivity index (χ3v) is 5.81. The zero-order valence-electron chi connectivity index (χ0n) is 14.7. The van der Waals surface area contributed by atoms with Crippen LogP contribution in [0.3, 0.4) is 0 Å². The Kier molecular flexibility index (Phi) is 5.01. The number of ether oxygens (including phenoxy) is 2. The van der Waals surface area contributed by atoms with E-state index in [0.29, 0.717) is 24.8 Å². The van der Waals surface area contributed by atoms with Gasteiger partial charge in [0.25, 0.3) is 5.91 Å². The van der Waals surface area contributed by atoms with E-state index in [1.807, 2.05) is 17.0 Å². The lowest BCUT2D eigenvalue weighted by atomic mass is 9.87. The number of aromatic nitrogens is 1. The predicted molar refractivity (Wildman–Crippen MR) is 93.4 cm³/mol. The molecule has 0 bridgehead atoms. The van der Waals surface area contributed by atoms with Gasteiger partial charge in [-0.2, -0.15) is 0 Å². The molecule has 1 unspecified atom stereocenters. The van der Waals surface area contributed by atoms with Gasteiger partial charge in [0.2, 0.25) is 0 Å². The van der Waals surface area contributed by atoms with Gasteiger partial charge in [-0.3, -0.25) is 14.7 Å². The summed E-state index contributed by atoms with van der Waals surface area (Å²) >= 11 is 0. The normalized spacial score (nSPS) is 29.0. The highest BCUT2D eigenvalue weighted by molar-refractivity contribution is 5.93. The van der Waals surface area contributed by atoms with Crippen molar-refractivity contribution < 1.29 is 14.3 Å². The zero-order chi connectivity index (χ0) is 17.1. The summed E-state index contributed by atoms with van der Waals surface area (Å²) < 4.78 is 11.4. The maximum Gasteiger partial charge on any atom is 0.255 e. The van der Waals surface area contributed by atoms with Gasteiger partial charge < -0.3 is 14.4 Å². The second kappa shape index (κ2) is 7.40. The van der Waals surface area contributed by atoms with Crippen LogP contribution in [-0.2, 0) is 9.47 Å². The van der Waals surface area contributed by atoms with Gasteiger partial charge >= 0.3 is 0 Å². The minimum absolute atomic E-state index is 0.0622. The Morgan fingerprint density at radius 3 is 2.84 bits per heavy atom. The molecule has 6 nitrogen and oxygen atoms in total. The summed E-state index contributed by atoms with van der Waals surface area (Å²) in [4.78, 5) is 21.5. The van der Waals surface area contributed by atoms with E-state index in [4.69, 9.17) is 9.47 Å². The summed E-state index contributed by atoms with van der Waals surface area (Å²) in [6.07, 6.45) is 6.70. The van der Waals surface area contributed by atoms with Gasteiger partial charge in [-0.15, -0.1) is 0 Å². The molecule has 6 heteroatoms. The topological polar surface area (TPSA) is 54.9 Å². The van der Waals surface area contributed by atoms with E-state index < -0.39 is 0 Å². The Bertz CT molecular complexity index is 591. The van der Waals surface area contributed by atoms with Gasteiger partial charge in [-0.1, -0.05) is 0 Å². The van der Waals surface area contributed by atoms with Gasteiger partial charge in [0.15, 0.2) is 0 Å². The second-order valence-electron chi connectivity index (χ2n) is 7.59. The molecule has 4 rings (SSSR count). The summed E-state index contributed by atoms with van der Waals surface area (Å²) in [6.45, 7) is 6.67. The molecule has 0 aromatic carbocycles. The summed E-state index contributed by atoms with van der Waals surface area (Å²) in [6, 6.07) is 4.29. The molecule has 4 heterocycles. The lowest BCUT2D eigenvalue weighted by Gasteiger charge is -2.35. The molecule has 0 N–H and O–H groups in total. The molecule has 0 radical (unpaired) electrons. The van der Waals surface area contributed by atoms with E-state index in [1.54, 1.807) is 12.4 Å². The largest absolute Gasteiger partial charge is 0.381 e. The van der Waals surface area contributed by atoms with E-state index in [9.17, 15) is 4.79 Å². The highest BCUT2D eigenvalue weighted by Gasteiger charge is 2.44. The quantitative estimate of drug-likeness (QED) is 0.812. The standard InChI is InChI=1S/C19H27N3O3/c23-18(16-2-1-6-20-12-16)22-8-11-25-15-19(14-22)5-7-21(13-19)17-3-9-24-10-4-17/h1-2,6,12,17H,3-5,7-11,13-15H2. The van der Waals surface area contributed by atoms with E-state index in [-0.39, 0.29) is 11.3 Å². The number of rotatable bonds is 2. The van der Waals surface area contributed by atoms with Crippen molar-refractivity contribution in [2.75, 3.05) is 52.6 Å². The van der Waals surface area contributed by atoms with Crippen LogP contribution >= 0.6 is 0 Å². The summed E-state index contributed by atoms with van der Waals surface area (Å²) in [5.41, 5.74) is 0.728. The summed E-state index contributed by atoms with van der Waals surface area (Å²) in [5, 5.41) is 0.